The molecule has 0 aliphatic rings. The number of carbonyl (C=O) groups is 1. The number of nitrogens with one attached hydrogen (secondary N) is 2. The van der Waals surface area contributed by atoms with Crippen molar-refractivity contribution >= 4 is 39.9 Å². The largest absolute Gasteiger partial charge is 0.497 e. The van der Waals surface area contributed by atoms with Crippen LogP contribution in [0.4, 0.5) is 5.69 Å². The van der Waals surface area contributed by atoms with Gasteiger partial charge in [0, 0.05) is 17.1 Å². The summed E-state index contributed by atoms with van der Waals surface area (Å²) in [6, 6.07) is 22.0. The molecule has 8 heteroatoms. The number of benzene rings is 3. The van der Waals surface area contributed by atoms with Crippen LogP contribution in [0.3, 0.4) is 0 Å². The number of anilines is 1. The van der Waals surface area contributed by atoms with Crippen molar-refractivity contribution in [1.29, 1.82) is 0 Å². The molecule has 4 rings (SSSR count). The zero-order chi connectivity index (χ0) is 23.2. The fourth-order valence-corrected chi connectivity index (χ4v) is 3.44. The van der Waals surface area contributed by atoms with E-state index in [0.29, 0.717) is 29.4 Å². The summed E-state index contributed by atoms with van der Waals surface area (Å²) in [5.41, 5.74) is 2.16. The van der Waals surface area contributed by atoms with E-state index in [0.717, 1.165) is 16.7 Å². The SMILES string of the molecule is COc1cccc(COc2cccc(NC(=S)NC(=O)c3cc4cccc(OC)c4o3)c2)c1. The molecular weight excluding hydrogens is 440 g/mol. The lowest BCUT2D eigenvalue weighted by Crippen LogP contribution is -2.33. The van der Waals surface area contributed by atoms with Crippen molar-refractivity contribution < 1.29 is 23.4 Å². The predicted molar refractivity (Wildman–Crippen MR) is 130 cm³/mol. The normalized spacial score (nSPS) is 10.5. The Balaban J connectivity index is 1.37. The van der Waals surface area contributed by atoms with Crippen LogP contribution in [0.1, 0.15) is 16.1 Å². The van der Waals surface area contributed by atoms with Crippen LogP contribution in [0.5, 0.6) is 17.2 Å². The Morgan fingerprint density at radius 1 is 0.939 bits per heavy atom. The fourth-order valence-electron chi connectivity index (χ4n) is 3.23. The van der Waals surface area contributed by atoms with Crippen molar-refractivity contribution in [3.8, 4) is 17.2 Å². The minimum absolute atomic E-state index is 0.133. The quantitative estimate of drug-likeness (QED) is 0.367. The number of para-hydroxylation sites is 1. The molecule has 4 aromatic rings. The number of methoxy groups -OCH3 is 2. The lowest BCUT2D eigenvalue weighted by atomic mass is 10.2. The molecule has 0 saturated carbocycles. The predicted octanol–water partition coefficient (Wildman–Crippen LogP) is 5.16. The van der Waals surface area contributed by atoms with Gasteiger partial charge in [-0.25, -0.2) is 0 Å². The summed E-state index contributed by atoms with van der Waals surface area (Å²) < 4.78 is 22.0. The maximum absolute atomic E-state index is 12.6. The molecule has 1 heterocycles. The molecule has 0 aliphatic carbocycles. The van der Waals surface area contributed by atoms with Gasteiger partial charge >= 0.3 is 0 Å². The van der Waals surface area contributed by atoms with Crippen molar-refractivity contribution in [2.24, 2.45) is 0 Å². The molecule has 3 aromatic carbocycles. The molecular formula is C25H22N2O5S. The number of hydrogen-bond acceptors (Lipinski definition) is 6. The molecule has 0 spiro atoms. The van der Waals surface area contributed by atoms with Crippen LogP contribution in [0.25, 0.3) is 11.0 Å². The van der Waals surface area contributed by atoms with Gasteiger partial charge in [0.25, 0.3) is 5.91 Å². The summed E-state index contributed by atoms with van der Waals surface area (Å²) in [5, 5.41) is 6.51. The number of rotatable bonds is 7. The van der Waals surface area contributed by atoms with Gasteiger partial charge in [0.15, 0.2) is 22.2 Å². The van der Waals surface area contributed by atoms with Crippen molar-refractivity contribution in [2.75, 3.05) is 19.5 Å². The highest BCUT2D eigenvalue weighted by molar-refractivity contribution is 7.80. The number of furan rings is 1. The molecule has 33 heavy (non-hydrogen) atoms. The number of thiocarbonyl (C=S) groups is 1. The van der Waals surface area contributed by atoms with Crippen LogP contribution in [0.2, 0.25) is 0 Å². The minimum atomic E-state index is -0.462. The molecule has 1 aromatic heterocycles. The first-order chi connectivity index (χ1) is 16.1. The zero-order valence-corrected chi connectivity index (χ0v) is 18.9. The van der Waals surface area contributed by atoms with Gasteiger partial charge in [0.2, 0.25) is 0 Å². The highest BCUT2D eigenvalue weighted by Crippen LogP contribution is 2.28. The van der Waals surface area contributed by atoms with E-state index in [1.165, 1.54) is 0 Å². The third kappa shape index (κ3) is 5.42. The van der Waals surface area contributed by atoms with Gasteiger partial charge in [0.1, 0.15) is 18.1 Å². The lowest BCUT2D eigenvalue weighted by Gasteiger charge is -2.11. The molecule has 0 bridgehead atoms. The maximum atomic E-state index is 12.6. The molecule has 0 atom stereocenters. The minimum Gasteiger partial charge on any atom is -0.497 e. The van der Waals surface area contributed by atoms with Crippen molar-refractivity contribution in [3.63, 3.8) is 0 Å². The molecule has 0 saturated heterocycles. The van der Waals surface area contributed by atoms with E-state index in [1.54, 1.807) is 32.4 Å². The summed E-state index contributed by atoms with van der Waals surface area (Å²) in [4.78, 5) is 12.6. The summed E-state index contributed by atoms with van der Waals surface area (Å²) in [6.07, 6.45) is 0. The van der Waals surface area contributed by atoms with Crippen LogP contribution in [0, 0.1) is 0 Å². The average Bonchev–Trinajstić information content (AvgIpc) is 3.28. The smallest absolute Gasteiger partial charge is 0.293 e. The number of hydrogen-bond donors (Lipinski definition) is 2. The molecule has 2 N–H and O–H groups in total. The molecule has 1 amide bonds. The number of carbonyl (C=O) groups excluding carboxylic acids is 1. The number of fused-ring (bicyclic) bond motifs is 1. The number of amides is 1. The van der Waals surface area contributed by atoms with Gasteiger partial charge in [-0.2, -0.15) is 0 Å². The van der Waals surface area contributed by atoms with Crippen molar-refractivity contribution in [1.82, 2.24) is 5.32 Å². The van der Waals surface area contributed by atoms with E-state index in [2.05, 4.69) is 10.6 Å². The van der Waals surface area contributed by atoms with Crippen LogP contribution in [-0.4, -0.2) is 25.2 Å². The summed E-state index contributed by atoms with van der Waals surface area (Å²) in [6.45, 7) is 0.386. The first-order valence-electron chi connectivity index (χ1n) is 10.1. The molecule has 7 nitrogen and oxygen atoms in total. The molecule has 0 fully saturated rings. The van der Waals surface area contributed by atoms with E-state index in [1.807, 2.05) is 54.6 Å². The Kier molecular flexibility index (Phi) is 6.75. The van der Waals surface area contributed by atoms with Crippen LogP contribution in [-0.2, 0) is 6.61 Å². The van der Waals surface area contributed by atoms with E-state index < -0.39 is 5.91 Å². The average molecular weight is 463 g/mol. The van der Waals surface area contributed by atoms with Gasteiger partial charge in [0.05, 0.1) is 14.2 Å². The second kappa shape index (κ2) is 10.1. The highest BCUT2D eigenvalue weighted by Gasteiger charge is 2.16. The summed E-state index contributed by atoms with van der Waals surface area (Å²) >= 11 is 5.29. The first-order valence-corrected chi connectivity index (χ1v) is 10.5. The van der Waals surface area contributed by atoms with Crippen molar-refractivity contribution in [3.05, 3.63) is 84.1 Å². The molecule has 0 radical (unpaired) electrons. The Morgan fingerprint density at radius 2 is 1.73 bits per heavy atom. The third-order valence-corrected chi connectivity index (χ3v) is 5.01. The van der Waals surface area contributed by atoms with Gasteiger partial charge < -0.3 is 23.9 Å². The monoisotopic (exact) mass is 462 g/mol. The van der Waals surface area contributed by atoms with Gasteiger partial charge in [-0.1, -0.05) is 30.3 Å². The van der Waals surface area contributed by atoms with E-state index >= 15 is 0 Å². The van der Waals surface area contributed by atoms with Gasteiger partial charge in [-0.15, -0.1) is 0 Å². The highest BCUT2D eigenvalue weighted by atomic mass is 32.1. The second-order valence-electron chi connectivity index (χ2n) is 7.07. The maximum Gasteiger partial charge on any atom is 0.293 e. The van der Waals surface area contributed by atoms with Crippen LogP contribution < -0.4 is 24.8 Å². The summed E-state index contributed by atoms with van der Waals surface area (Å²) in [5.74, 6) is 1.65. The first kappa shape index (κ1) is 22.2. The third-order valence-electron chi connectivity index (χ3n) is 4.81. The molecule has 0 unspecified atom stereocenters. The fraction of sp³-hybridized carbons (Fsp3) is 0.120. The second-order valence-corrected chi connectivity index (χ2v) is 7.47. The van der Waals surface area contributed by atoms with Gasteiger partial charge in [-0.05, 0) is 54.2 Å². The van der Waals surface area contributed by atoms with Crippen LogP contribution >= 0.6 is 12.2 Å². The Morgan fingerprint density at radius 3 is 2.55 bits per heavy atom. The van der Waals surface area contributed by atoms with E-state index in [-0.39, 0.29) is 10.9 Å². The zero-order valence-electron chi connectivity index (χ0n) is 18.1. The van der Waals surface area contributed by atoms with E-state index in [9.17, 15) is 4.79 Å². The lowest BCUT2D eigenvalue weighted by molar-refractivity contribution is 0.0952. The molecule has 168 valence electrons. The Bertz CT molecular complexity index is 1300. The van der Waals surface area contributed by atoms with Crippen molar-refractivity contribution in [2.45, 2.75) is 6.61 Å². The molecule has 0 aliphatic heterocycles. The van der Waals surface area contributed by atoms with E-state index in [4.69, 9.17) is 30.8 Å². The Labute approximate surface area is 196 Å². The van der Waals surface area contributed by atoms with Crippen LogP contribution in [0.15, 0.2) is 77.2 Å². The number of ether oxygens (including phenoxy) is 3. The summed E-state index contributed by atoms with van der Waals surface area (Å²) in [7, 11) is 3.17. The standard InChI is InChI=1S/C25H22N2O5S/c1-29-19-9-3-6-16(12-19)15-31-20-10-5-8-18(14-20)26-25(33)27-24(28)22-13-17-7-4-11-21(30-2)23(17)32-22/h3-14H,15H2,1-2H3,(H2,26,27,28,33). The van der Waals surface area contributed by atoms with Gasteiger partial charge in [-0.3, -0.25) is 10.1 Å². The Hall–Kier alpha value is -4.04. The topological polar surface area (TPSA) is 82.0 Å².